The largest absolute Gasteiger partial charge is 0.459 e. The van der Waals surface area contributed by atoms with Crippen LogP contribution < -0.4 is 10.2 Å². The summed E-state index contributed by atoms with van der Waals surface area (Å²) in [6.45, 7) is 5.51. The molecule has 3 aromatic rings. The molecule has 5 rings (SSSR count). The van der Waals surface area contributed by atoms with Crippen LogP contribution in [0.15, 0.2) is 47.1 Å². The summed E-state index contributed by atoms with van der Waals surface area (Å²) < 4.78 is 11.2. The predicted octanol–water partition coefficient (Wildman–Crippen LogP) is 4.81. The van der Waals surface area contributed by atoms with Crippen molar-refractivity contribution >= 4 is 45.8 Å². The molecule has 3 heterocycles. The van der Waals surface area contributed by atoms with E-state index in [1.54, 1.807) is 29.9 Å². The topological polar surface area (TPSA) is 61.6 Å². The van der Waals surface area contributed by atoms with E-state index in [0.717, 1.165) is 50.8 Å². The number of benzene rings is 1. The maximum Gasteiger partial charge on any atom is 0.287 e. The molecule has 2 aromatic heterocycles. The van der Waals surface area contributed by atoms with Crippen molar-refractivity contribution < 1.29 is 9.21 Å². The maximum absolute atomic E-state index is 12.2. The highest BCUT2D eigenvalue weighted by molar-refractivity contribution is 7.13. The van der Waals surface area contributed by atoms with Gasteiger partial charge in [0.15, 0.2) is 5.76 Å². The highest BCUT2D eigenvalue weighted by atomic mass is 35.5. The smallest absolute Gasteiger partial charge is 0.287 e. The Balaban J connectivity index is 0.00000245. The van der Waals surface area contributed by atoms with Gasteiger partial charge in [-0.15, -0.1) is 12.4 Å². The number of nitrogens with one attached hydrogen (secondary N) is 1. The molecule has 2 fully saturated rings. The number of rotatable bonds is 6. The third-order valence-corrected chi connectivity index (χ3v) is 7.63. The third-order valence-electron chi connectivity index (χ3n) is 6.81. The number of carbonyl (C=O) groups is 1. The number of aromatic nitrogens is 1. The quantitative estimate of drug-likeness (QED) is 0.555. The number of anilines is 1. The van der Waals surface area contributed by atoms with Crippen LogP contribution in [0.2, 0.25) is 0 Å². The first-order valence-corrected chi connectivity index (χ1v) is 12.2. The second-order valence-corrected chi connectivity index (χ2v) is 9.59. The lowest BCUT2D eigenvalue weighted by Gasteiger charge is -2.36. The van der Waals surface area contributed by atoms with E-state index in [1.807, 2.05) is 0 Å². The van der Waals surface area contributed by atoms with E-state index in [0.29, 0.717) is 5.76 Å². The summed E-state index contributed by atoms with van der Waals surface area (Å²) >= 11 is 1.60. The highest BCUT2D eigenvalue weighted by Crippen LogP contribution is 2.30. The van der Waals surface area contributed by atoms with E-state index in [-0.39, 0.29) is 24.4 Å². The van der Waals surface area contributed by atoms with E-state index in [1.165, 1.54) is 35.9 Å². The fourth-order valence-corrected chi connectivity index (χ4v) is 5.70. The number of hydrogen-bond acceptors (Lipinski definition) is 6. The van der Waals surface area contributed by atoms with Crippen molar-refractivity contribution in [3.05, 3.63) is 48.4 Å². The summed E-state index contributed by atoms with van der Waals surface area (Å²) in [7, 11) is 0. The van der Waals surface area contributed by atoms with Crippen molar-refractivity contribution in [1.82, 2.24) is 14.6 Å². The zero-order chi connectivity index (χ0) is 21.0. The Kier molecular flexibility index (Phi) is 7.71. The van der Waals surface area contributed by atoms with Crippen LogP contribution in [-0.4, -0.2) is 53.9 Å². The summed E-state index contributed by atoms with van der Waals surface area (Å²) in [5.41, 5.74) is 0. The first kappa shape index (κ1) is 23.1. The average Bonchev–Trinajstić information content (AvgIpc) is 3.49. The zero-order valence-electron chi connectivity index (χ0n) is 18.2. The van der Waals surface area contributed by atoms with Crippen LogP contribution in [-0.2, 0) is 0 Å². The monoisotopic (exact) mass is 474 g/mol. The minimum absolute atomic E-state index is 0. The van der Waals surface area contributed by atoms with E-state index in [2.05, 4.69) is 39.4 Å². The second-order valence-electron chi connectivity index (χ2n) is 8.79. The lowest BCUT2D eigenvalue weighted by atomic mass is 9.84. The summed E-state index contributed by atoms with van der Waals surface area (Å²) in [6.07, 6.45) is 7.36. The van der Waals surface area contributed by atoms with Crippen LogP contribution in [0, 0.1) is 5.92 Å². The van der Waals surface area contributed by atoms with Gasteiger partial charge in [-0.3, -0.25) is 9.69 Å². The molecule has 8 heteroatoms. The lowest BCUT2D eigenvalue weighted by molar-refractivity contribution is 0.0891. The zero-order valence-corrected chi connectivity index (χ0v) is 19.9. The molecule has 6 nitrogen and oxygen atoms in total. The average molecular weight is 475 g/mol. The van der Waals surface area contributed by atoms with Gasteiger partial charge < -0.3 is 14.6 Å². The molecule has 1 N–H and O–H groups in total. The van der Waals surface area contributed by atoms with Gasteiger partial charge in [0.05, 0.1) is 11.0 Å². The Bertz CT molecular complexity index is 993. The van der Waals surface area contributed by atoms with Gasteiger partial charge in [-0.2, -0.15) is 4.37 Å². The number of amides is 1. The minimum atomic E-state index is -0.0841. The van der Waals surface area contributed by atoms with E-state index in [9.17, 15) is 4.79 Å². The molecule has 32 heavy (non-hydrogen) atoms. The van der Waals surface area contributed by atoms with Crippen molar-refractivity contribution in [2.45, 2.75) is 38.1 Å². The fourth-order valence-electron chi connectivity index (χ4n) is 4.91. The standard InChI is InChI=1S/C24H30N4O2S.ClH/c29-24(21-5-3-17-30-21)25-19-9-7-18(8-10-19)11-12-27-13-15-28(16-14-27)23-20-4-1-2-6-22(20)31-26-23;/h1-6,17-19H,7-16H2,(H,25,29);1H/t18-,19-;. The van der Waals surface area contributed by atoms with Crippen LogP contribution >= 0.6 is 23.9 Å². The number of halogens is 1. The van der Waals surface area contributed by atoms with Crippen LogP contribution in [0.25, 0.3) is 10.1 Å². The number of fused-ring (bicyclic) bond motifs is 1. The number of piperazine rings is 1. The summed E-state index contributed by atoms with van der Waals surface area (Å²) in [6, 6.07) is 12.3. The molecular formula is C24H31ClN4O2S. The molecule has 0 radical (unpaired) electrons. The van der Waals surface area contributed by atoms with Crippen molar-refractivity contribution in [3.8, 4) is 0 Å². The highest BCUT2D eigenvalue weighted by Gasteiger charge is 2.25. The van der Waals surface area contributed by atoms with Crippen molar-refractivity contribution in [3.63, 3.8) is 0 Å². The van der Waals surface area contributed by atoms with Gasteiger partial charge in [0, 0.05) is 37.6 Å². The van der Waals surface area contributed by atoms with Crippen LogP contribution in [0.3, 0.4) is 0 Å². The summed E-state index contributed by atoms with van der Waals surface area (Å²) in [5, 5.41) is 4.41. The Labute approximate surface area is 199 Å². The first-order chi connectivity index (χ1) is 15.3. The van der Waals surface area contributed by atoms with Gasteiger partial charge in [0.2, 0.25) is 0 Å². The second kappa shape index (κ2) is 10.7. The van der Waals surface area contributed by atoms with E-state index in [4.69, 9.17) is 8.79 Å². The summed E-state index contributed by atoms with van der Waals surface area (Å²) in [4.78, 5) is 17.2. The molecule has 1 saturated heterocycles. The first-order valence-electron chi connectivity index (χ1n) is 11.4. The van der Waals surface area contributed by atoms with Gasteiger partial charge >= 0.3 is 0 Å². The predicted molar refractivity (Wildman–Crippen MR) is 132 cm³/mol. The van der Waals surface area contributed by atoms with Crippen molar-refractivity contribution in [2.24, 2.45) is 5.92 Å². The summed E-state index contributed by atoms with van der Waals surface area (Å²) in [5.74, 6) is 2.26. The van der Waals surface area contributed by atoms with Crippen molar-refractivity contribution in [1.29, 1.82) is 0 Å². The van der Waals surface area contributed by atoms with Gasteiger partial charge in [-0.05, 0) is 80.4 Å². The SMILES string of the molecule is Cl.O=C(N[C@H]1CC[C@H](CCN2CCN(c3nsc4ccccc34)CC2)CC1)c1ccco1. The number of hydrogen-bond donors (Lipinski definition) is 1. The number of carbonyl (C=O) groups excluding carboxylic acids is 1. The third kappa shape index (κ3) is 5.27. The molecule has 0 spiro atoms. The minimum Gasteiger partial charge on any atom is -0.459 e. The van der Waals surface area contributed by atoms with E-state index >= 15 is 0 Å². The molecule has 1 amide bonds. The van der Waals surface area contributed by atoms with Gasteiger partial charge in [0.1, 0.15) is 5.82 Å². The molecule has 0 bridgehead atoms. The van der Waals surface area contributed by atoms with Crippen molar-refractivity contribution in [2.75, 3.05) is 37.6 Å². The molecule has 1 aliphatic heterocycles. The molecule has 0 atom stereocenters. The van der Waals surface area contributed by atoms with Gasteiger partial charge in [0.25, 0.3) is 5.91 Å². The van der Waals surface area contributed by atoms with Gasteiger partial charge in [-0.1, -0.05) is 12.1 Å². The lowest BCUT2D eigenvalue weighted by Crippen LogP contribution is -2.47. The molecule has 2 aliphatic rings. The van der Waals surface area contributed by atoms with Gasteiger partial charge in [-0.25, -0.2) is 0 Å². The Morgan fingerprint density at radius 3 is 2.59 bits per heavy atom. The Morgan fingerprint density at radius 2 is 1.84 bits per heavy atom. The molecule has 1 aliphatic carbocycles. The molecule has 172 valence electrons. The molecule has 0 unspecified atom stereocenters. The van der Waals surface area contributed by atoms with Crippen LogP contribution in [0.4, 0.5) is 5.82 Å². The maximum atomic E-state index is 12.2. The normalized spacial score (nSPS) is 21.9. The molecular weight excluding hydrogens is 444 g/mol. The number of nitrogens with zero attached hydrogens (tertiary/aromatic N) is 3. The molecule has 1 saturated carbocycles. The molecule has 1 aromatic carbocycles. The van der Waals surface area contributed by atoms with Crippen LogP contribution in [0.1, 0.15) is 42.7 Å². The van der Waals surface area contributed by atoms with E-state index < -0.39 is 0 Å². The van der Waals surface area contributed by atoms with Crippen LogP contribution in [0.5, 0.6) is 0 Å². The number of furan rings is 1. The fraction of sp³-hybridized carbons (Fsp3) is 0.500. The Morgan fingerprint density at radius 1 is 1.06 bits per heavy atom. The Hall–Kier alpha value is -2.09.